The lowest BCUT2D eigenvalue weighted by atomic mass is 13.1. The summed E-state index contributed by atoms with van der Waals surface area (Å²) in [6.45, 7) is 0. The van der Waals surface area contributed by atoms with E-state index in [1.54, 1.807) is 0 Å². The van der Waals surface area contributed by atoms with Crippen LogP contribution in [0.15, 0.2) is 5.28 Å². The Balaban J connectivity index is 3.14. The van der Waals surface area contributed by atoms with Crippen LogP contribution in [-0.4, -0.2) is 8.72 Å². The number of rotatable bonds is 0. The molecule has 0 aliphatic heterocycles. The maximum atomic E-state index is 7.51. The third-order valence-corrected chi connectivity index (χ3v) is 0.230. The number of thiol groups is 1. The monoisotopic (exact) mass is 110 g/mol. The molecule has 0 unspecified atom stereocenters. The molecule has 5 heteroatoms. The molecule has 0 aromatic rings. The van der Waals surface area contributed by atoms with Gasteiger partial charge in [0.1, 0.15) is 0 Å². The van der Waals surface area contributed by atoms with E-state index in [9.17, 15) is 0 Å². The average Bonchev–Trinajstić information content (AvgIpc) is 1.38. The maximum Gasteiger partial charge on any atom is 0.181 e. The topological polar surface area (TPSA) is 35.6 Å². The van der Waals surface area contributed by atoms with Crippen LogP contribution in [0.4, 0.5) is 0 Å². The molecule has 0 amide bonds. The minimum Gasteiger partial charge on any atom is -0.379 e. The Labute approximate surface area is 40.4 Å². The SMILES string of the molecule is ON=[N+]([S-])S. The van der Waals surface area contributed by atoms with Gasteiger partial charge in [-0.2, -0.15) is 0 Å². The van der Waals surface area contributed by atoms with Crippen LogP contribution in [0.1, 0.15) is 0 Å². The maximum absolute atomic E-state index is 7.51. The Morgan fingerprint density at radius 2 is 2.20 bits per heavy atom. The fourth-order valence-electron chi connectivity index (χ4n) is 0. The Morgan fingerprint density at radius 3 is 2.20 bits per heavy atom. The highest BCUT2D eigenvalue weighted by Crippen LogP contribution is 1.70. The minimum absolute atomic E-state index is 0.583. The number of hydrogen-bond acceptors (Lipinski definition) is 2. The predicted octanol–water partition coefficient (Wildman–Crippen LogP) is 0.147. The Hall–Kier alpha value is -0.0300. The fraction of sp³-hybridized carbons (Fsp3) is 0. The second-order valence-electron chi connectivity index (χ2n) is 0.342. The van der Waals surface area contributed by atoms with Crippen molar-refractivity contribution in [1.29, 1.82) is 0 Å². The van der Waals surface area contributed by atoms with E-state index in [1.807, 2.05) is 0 Å². The lowest BCUT2D eigenvalue weighted by molar-refractivity contribution is -0.276. The Bertz CT molecular complexity index is 45.6. The van der Waals surface area contributed by atoms with Gasteiger partial charge in [-0.05, 0) is 0 Å². The molecule has 0 saturated heterocycles. The zero-order valence-electron chi connectivity index (χ0n) is 2.20. The molecule has 0 spiro atoms. The van der Waals surface area contributed by atoms with E-state index in [4.69, 9.17) is 5.21 Å². The first-order valence-corrected chi connectivity index (χ1v) is 1.55. The standard InChI is InChI=1S/H2N2OS2/c3-1-2(4)5/h3H,(H,1,4,5). The van der Waals surface area contributed by atoms with E-state index < -0.39 is 0 Å². The summed E-state index contributed by atoms with van der Waals surface area (Å²) in [5.74, 6) is 0. The van der Waals surface area contributed by atoms with E-state index in [1.165, 1.54) is 0 Å². The minimum atomic E-state index is 0.583. The van der Waals surface area contributed by atoms with E-state index in [-0.39, 0.29) is 0 Å². The average molecular weight is 110 g/mol. The highest BCUT2D eigenvalue weighted by Gasteiger charge is 1.61. The van der Waals surface area contributed by atoms with Crippen molar-refractivity contribution in [2.24, 2.45) is 5.28 Å². The highest BCUT2D eigenvalue weighted by atomic mass is 32.2. The third kappa shape index (κ3) is 3.97. The molecule has 0 aromatic carbocycles. The normalized spacial score (nSPS) is 11.8. The molecule has 0 rings (SSSR count). The molecular weight excluding hydrogens is 108 g/mol. The summed E-state index contributed by atoms with van der Waals surface area (Å²) < 4.78 is 0.583. The van der Waals surface area contributed by atoms with Crippen LogP contribution in [0.3, 0.4) is 0 Å². The summed E-state index contributed by atoms with van der Waals surface area (Å²) >= 11 is 7.39. The van der Waals surface area contributed by atoms with E-state index >= 15 is 0 Å². The molecule has 5 heavy (non-hydrogen) atoms. The molecule has 0 bridgehead atoms. The van der Waals surface area contributed by atoms with Crippen molar-refractivity contribution in [1.82, 2.24) is 0 Å². The quantitative estimate of drug-likeness (QED) is 0.153. The van der Waals surface area contributed by atoms with Gasteiger partial charge in [0, 0.05) is 0 Å². The van der Waals surface area contributed by atoms with Crippen LogP contribution in [-0.2, 0) is 12.8 Å². The zero-order chi connectivity index (χ0) is 4.28. The molecule has 0 fully saturated rings. The van der Waals surface area contributed by atoms with Gasteiger partial charge in [-0.25, -0.2) is 0 Å². The van der Waals surface area contributed by atoms with Gasteiger partial charge in [0.2, 0.25) is 0 Å². The van der Waals surface area contributed by atoms with Gasteiger partial charge in [0.15, 0.2) is 18.1 Å². The van der Waals surface area contributed by atoms with Crippen molar-refractivity contribution >= 4 is 25.6 Å². The van der Waals surface area contributed by atoms with Crippen LogP contribution in [0.25, 0.3) is 0 Å². The van der Waals surface area contributed by atoms with Crippen molar-refractivity contribution in [3.05, 3.63) is 0 Å². The summed E-state index contributed by atoms with van der Waals surface area (Å²) in [5.41, 5.74) is 0. The second-order valence-corrected chi connectivity index (χ2v) is 1.34. The molecule has 30 valence electrons. The van der Waals surface area contributed by atoms with Crippen LogP contribution >= 0.6 is 12.8 Å². The van der Waals surface area contributed by atoms with Crippen molar-refractivity contribution in [3.63, 3.8) is 0 Å². The molecule has 0 radical (unpaired) electrons. The van der Waals surface area contributed by atoms with E-state index in [2.05, 4.69) is 30.9 Å². The molecule has 1 N–H and O–H groups in total. The van der Waals surface area contributed by atoms with E-state index in [0.717, 1.165) is 0 Å². The fourth-order valence-corrected chi connectivity index (χ4v) is 0. The first kappa shape index (κ1) is 4.97. The van der Waals surface area contributed by atoms with Gasteiger partial charge < -0.3 is 18.0 Å². The van der Waals surface area contributed by atoms with Gasteiger partial charge in [-0.1, -0.05) is 0 Å². The van der Waals surface area contributed by atoms with Crippen LogP contribution in [0.2, 0.25) is 0 Å². The van der Waals surface area contributed by atoms with Crippen molar-refractivity contribution in [3.8, 4) is 0 Å². The largest absolute Gasteiger partial charge is 0.379 e. The van der Waals surface area contributed by atoms with Gasteiger partial charge in [-0.15, -0.1) is 3.51 Å². The second kappa shape index (κ2) is 2.22. The lowest BCUT2D eigenvalue weighted by Crippen LogP contribution is -1.74. The first-order chi connectivity index (χ1) is 2.27. The van der Waals surface area contributed by atoms with Gasteiger partial charge in [0.05, 0.1) is 0 Å². The lowest BCUT2D eigenvalue weighted by Gasteiger charge is -1.76. The van der Waals surface area contributed by atoms with Crippen molar-refractivity contribution in [2.45, 2.75) is 0 Å². The van der Waals surface area contributed by atoms with Crippen molar-refractivity contribution in [2.75, 3.05) is 0 Å². The van der Waals surface area contributed by atoms with E-state index in [0.29, 0.717) is 3.51 Å². The summed E-state index contributed by atoms with van der Waals surface area (Å²) in [6, 6.07) is 0. The molecule has 3 nitrogen and oxygen atoms in total. The molecule has 0 heterocycles. The number of nitrogens with zero attached hydrogens (tertiary/aromatic N) is 2. The Kier molecular flexibility index (Phi) is 2.21. The summed E-state index contributed by atoms with van der Waals surface area (Å²) in [5, 5.41) is 9.92. The number of hydrogen-bond donors (Lipinski definition) is 2. The highest BCUT2D eigenvalue weighted by molar-refractivity contribution is 7.79. The molecule has 0 saturated carbocycles. The van der Waals surface area contributed by atoms with Crippen LogP contribution in [0.5, 0.6) is 0 Å². The molecule has 0 aliphatic rings. The van der Waals surface area contributed by atoms with Gasteiger partial charge >= 0.3 is 0 Å². The Morgan fingerprint density at radius 1 is 2.00 bits per heavy atom. The third-order valence-electron chi connectivity index (χ3n) is 0.0765. The summed E-state index contributed by atoms with van der Waals surface area (Å²) in [4.78, 5) is 0. The van der Waals surface area contributed by atoms with Crippen molar-refractivity contribution < 1.29 is 8.72 Å². The van der Waals surface area contributed by atoms with Crippen LogP contribution in [0, 0.1) is 0 Å². The first-order valence-electron chi connectivity index (χ1n) is 0.783. The zero-order valence-corrected chi connectivity index (χ0v) is 3.91. The molecule has 0 aliphatic carbocycles. The molecule has 0 atom stereocenters. The van der Waals surface area contributed by atoms with Gasteiger partial charge in [-0.3, -0.25) is 0 Å². The predicted molar refractivity (Wildman–Crippen MR) is 20.8 cm³/mol. The smallest absolute Gasteiger partial charge is 0.181 e. The van der Waals surface area contributed by atoms with Gasteiger partial charge in [0.25, 0.3) is 0 Å². The summed E-state index contributed by atoms with van der Waals surface area (Å²) in [7, 11) is 0. The summed E-state index contributed by atoms with van der Waals surface area (Å²) in [6.07, 6.45) is 0. The van der Waals surface area contributed by atoms with Crippen LogP contribution < -0.4 is 0 Å². The molecule has 0 aromatic heterocycles. The molecular formula is H2N2OS2.